The molecule has 2 fully saturated rings. The van der Waals surface area contributed by atoms with Crippen LogP contribution in [0.5, 0.6) is 0 Å². The van der Waals surface area contributed by atoms with Crippen molar-refractivity contribution in [3.05, 3.63) is 35.9 Å². The summed E-state index contributed by atoms with van der Waals surface area (Å²) in [5, 5.41) is 0. The monoisotopic (exact) mass is 306 g/mol. The summed E-state index contributed by atoms with van der Waals surface area (Å²) in [7, 11) is 0. The summed E-state index contributed by atoms with van der Waals surface area (Å²) in [6.45, 7) is 6.69. The van der Waals surface area contributed by atoms with Crippen molar-refractivity contribution in [2.45, 2.75) is 43.9 Å². The maximum Gasteiger partial charge on any atom is 0.153 e. The van der Waals surface area contributed by atoms with Crippen LogP contribution in [0, 0.1) is 10.8 Å². The van der Waals surface area contributed by atoms with Gasteiger partial charge in [-0.2, -0.15) is 0 Å². The van der Waals surface area contributed by atoms with Gasteiger partial charge in [0.05, 0.1) is 4.83 Å². The maximum atomic E-state index is 12.6. The van der Waals surface area contributed by atoms with E-state index < -0.39 is 0 Å². The Morgan fingerprint density at radius 2 is 1.72 bits per heavy atom. The molecule has 0 unspecified atom stereocenters. The molecule has 2 aliphatic rings. The predicted molar refractivity (Wildman–Crippen MR) is 77.0 cm³/mol. The Hall–Kier alpha value is -0.630. The SMILES string of the molecule is CC1(C)[C@]2(C)CC[C@@]1(c1ccccc1)[C@@H](Br)C2=O. The molecule has 1 aromatic carbocycles. The van der Waals surface area contributed by atoms with Crippen LogP contribution in [0.15, 0.2) is 30.3 Å². The first kappa shape index (κ1) is 12.4. The number of ketones is 1. The fourth-order valence-corrected chi connectivity index (χ4v) is 5.90. The molecule has 2 aliphatic carbocycles. The van der Waals surface area contributed by atoms with Crippen molar-refractivity contribution in [2.75, 3.05) is 0 Å². The second-order valence-corrected chi connectivity index (χ2v) is 7.44. The summed E-state index contributed by atoms with van der Waals surface area (Å²) < 4.78 is 0. The Balaban J connectivity index is 2.26. The van der Waals surface area contributed by atoms with Gasteiger partial charge in [-0.3, -0.25) is 4.79 Å². The van der Waals surface area contributed by atoms with E-state index in [0.29, 0.717) is 5.78 Å². The van der Waals surface area contributed by atoms with E-state index in [9.17, 15) is 4.79 Å². The Bertz CT molecular complexity index is 507. The second-order valence-electron chi connectivity index (χ2n) is 6.52. The van der Waals surface area contributed by atoms with Crippen LogP contribution in [0.1, 0.15) is 39.2 Å². The topological polar surface area (TPSA) is 17.1 Å². The second kappa shape index (κ2) is 3.47. The van der Waals surface area contributed by atoms with Gasteiger partial charge >= 0.3 is 0 Å². The summed E-state index contributed by atoms with van der Waals surface area (Å²) >= 11 is 3.72. The molecule has 1 aromatic rings. The van der Waals surface area contributed by atoms with Gasteiger partial charge in [0, 0.05) is 10.8 Å². The average molecular weight is 307 g/mol. The van der Waals surface area contributed by atoms with E-state index in [1.165, 1.54) is 5.56 Å². The summed E-state index contributed by atoms with van der Waals surface area (Å²) in [4.78, 5) is 12.6. The molecule has 0 radical (unpaired) electrons. The van der Waals surface area contributed by atoms with Crippen LogP contribution in [0.3, 0.4) is 0 Å². The number of fused-ring (bicyclic) bond motifs is 2. The highest BCUT2D eigenvalue weighted by molar-refractivity contribution is 9.10. The zero-order valence-corrected chi connectivity index (χ0v) is 12.8. The fraction of sp³-hybridized carbons (Fsp3) is 0.562. The first-order valence-corrected chi connectivity index (χ1v) is 7.53. The van der Waals surface area contributed by atoms with E-state index in [1.807, 2.05) is 6.07 Å². The standard InChI is InChI=1S/C16H19BrO/c1-14(2)15(3)9-10-16(14,12(17)13(15)18)11-7-5-4-6-8-11/h4-8,12H,9-10H2,1-3H3/t12-,15+,16+/m0/s1. The summed E-state index contributed by atoms with van der Waals surface area (Å²) in [6, 6.07) is 10.6. The maximum absolute atomic E-state index is 12.6. The van der Waals surface area contributed by atoms with Crippen LogP contribution in [0.2, 0.25) is 0 Å². The van der Waals surface area contributed by atoms with E-state index >= 15 is 0 Å². The molecule has 96 valence electrons. The number of hydrogen-bond acceptors (Lipinski definition) is 1. The lowest BCUT2D eigenvalue weighted by molar-refractivity contribution is -0.127. The molecule has 0 heterocycles. The van der Waals surface area contributed by atoms with Gasteiger partial charge in [0.25, 0.3) is 0 Å². The smallest absolute Gasteiger partial charge is 0.153 e. The van der Waals surface area contributed by atoms with Crippen molar-refractivity contribution >= 4 is 21.7 Å². The summed E-state index contributed by atoms with van der Waals surface area (Å²) in [5.41, 5.74) is 1.09. The van der Waals surface area contributed by atoms with Crippen LogP contribution in [0.25, 0.3) is 0 Å². The molecular formula is C16H19BrO. The number of alkyl halides is 1. The third kappa shape index (κ3) is 1.07. The molecule has 0 N–H and O–H groups in total. The van der Waals surface area contributed by atoms with Crippen molar-refractivity contribution in [3.63, 3.8) is 0 Å². The quantitative estimate of drug-likeness (QED) is 0.714. The molecule has 1 nitrogen and oxygen atoms in total. The molecule has 0 aliphatic heterocycles. The molecular weight excluding hydrogens is 288 g/mol. The Kier molecular flexibility index (Phi) is 2.39. The highest BCUT2D eigenvalue weighted by Gasteiger charge is 2.74. The lowest BCUT2D eigenvalue weighted by Crippen LogP contribution is -2.41. The number of Topliss-reactive ketones (excluding diaryl/α,β-unsaturated/α-hetero) is 1. The van der Waals surface area contributed by atoms with Crippen LogP contribution in [0.4, 0.5) is 0 Å². The van der Waals surface area contributed by atoms with Gasteiger partial charge in [0.2, 0.25) is 0 Å². The van der Waals surface area contributed by atoms with Crippen molar-refractivity contribution < 1.29 is 4.79 Å². The molecule has 2 bridgehead atoms. The first-order valence-electron chi connectivity index (χ1n) is 6.62. The van der Waals surface area contributed by atoms with Crippen LogP contribution >= 0.6 is 15.9 Å². The number of hydrogen-bond donors (Lipinski definition) is 0. The normalized spacial score (nSPS) is 41.3. The Labute approximate surface area is 117 Å². The fourth-order valence-electron chi connectivity index (χ4n) is 4.33. The highest BCUT2D eigenvalue weighted by atomic mass is 79.9. The van der Waals surface area contributed by atoms with Crippen LogP contribution < -0.4 is 0 Å². The Morgan fingerprint density at radius 1 is 1.11 bits per heavy atom. The number of carbonyl (C=O) groups excluding carboxylic acids is 1. The van der Waals surface area contributed by atoms with Crippen LogP contribution in [-0.2, 0) is 10.2 Å². The van der Waals surface area contributed by atoms with Gasteiger partial charge < -0.3 is 0 Å². The molecule has 3 atom stereocenters. The van der Waals surface area contributed by atoms with Crippen molar-refractivity contribution in [1.82, 2.24) is 0 Å². The van der Waals surface area contributed by atoms with E-state index in [1.54, 1.807) is 0 Å². The number of carbonyl (C=O) groups is 1. The van der Waals surface area contributed by atoms with Crippen molar-refractivity contribution in [3.8, 4) is 0 Å². The zero-order valence-electron chi connectivity index (χ0n) is 11.2. The predicted octanol–water partition coefficient (Wildman–Crippen LogP) is 4.10. The summed E-state index contributed by atoms with van der Waals surface area (Å²) in [6.07, 6.45) is 2.11. The molecule has 0 spiro atoms. The third-order valence-corrected chi connectivity index (χ3v) is 7.21. The van der Waals surface area contributed by atoms with Gasteiger partial charge in [0.1, 0.15) is 0 Å². The number of halogens is 1. The Morgan fingerprint density at radius 3 is 2.22 bits per heavy atom. The van der Waals surface area contributed by atoms with Crippen molar-refractivity contribution in [2.24, 2.45) is 10.8 Å². The molecule has 2 heteroatoms. The molecule has 0 saturated heterocycles. The molecule has 0 aromatic heterocycles. The zero-order chi connectivity index (χ0) is 13.2. The van der Waals surface area contributed by atoms with E-state index in [0.717, 1.165) is 12.8 Å². The minimum absolute atomic E-state index is 0.00655. The van der Waals surface area contributed by atoms with Crippen molar-refractivity contribution in [1.29, 1.82) is 0 Å². The van der Waals surface area contributed by atoms with Gasteiger partial charge in [-0.25, -0.2) is 0 Å². The minimum Gasteiger partial charge on any atom is -0.298 e. The largest absolute Gasteiger partial charge is 0.298 e. The molecule has 18 heavy (non-hydrogen) atoms. The van der Waals surface area contributed by atoms with E-state index in [4.69, 9.17) is 0 Å². The highest BCUT2D eigenvalue weighted by Crippen LogP contribution is 2.72. The van der Waals surface area contributed by atoms with Gasteiger partial charge in [0.15, 0.2) is 5.78 Å². The van der Waals surface area contributed by atoms with E-state index in [-0.39, 0.29) is 21.1 Å². The number of benzene rings is 1. The third-order valence-electron chi connectivity index (χ3n) is 6.01. The molecule has 0 amide bonds. The lowest BCUT2D eigenvalue weighted by Gasteiger charge is -2.41. The first-order chi connectivity index (χ1) is 8.38. The van der Waals surface area contributed by atoms with E-state index in [2.05, 4.69) is 61.0 Å². The van der Waals surface area contributed by atoms with Gasteiger partial charge in [-0.15, -0.1) is 0 Å². The number of rotatable bonds is 1. The lowest BCUT2D eigenvalue weighted by atomic mass is 9.62. The van der Waals surface area contributed by atoms with Gasteiger partial charge in [-0.05, 0) is 23.8 Å². The molecule has 2 saturated carbocycles. The van der Waals surface area contributed by atoms with Crippen LogP contribution in [-0.4, -0.2) is 10.6 Å². The minimum atomic E-state index is -0.184. The van der Waals surface area contributed by atoms with Gasteiger partial charge in [-0.1, -0.05) is 67.0 Å². The molecule has 3 rings (SSSR count). The average Bonchev–Trinajstić information content (AvgIpc) is 2.63. The summed E-state index contributed by atoms with van der Waals surface area (Å²) in [5.74, 6) is 0.391.